The van der Waals surface area contributed by atoms with Crippen molar-refractivity contribution >= 4 is 11.9 Å². The Hall–Kier alpha value is -3.40. The Morgan fingerprint density at radius 2 is 0.556 bits per heavy atom. The van der Waals surface area contributed by atoms with Gasteiger partial charge in [0.15, 0.2) is 5.92 Å². The van der Waals surface area contributed by atoms with E-state index in [1.807, 2.05) is 13.0 Å². The van der Waals surface area contributed by atoms with Gasteiger partial charge in [-0.25, -0.2) is 0 Å². The lowest BCUT2D eigenvalue weighted by atomic mass is 10.0. The highest BCUT2D eigenvalue weighted by Gasteiger charge is 2.27. The molecule has 0 aromatic heterocycles. The van der Waals surface area contributed by atoms with Crippen molar-refractivity contribution in [3.05, 3.63) is 105 Å². The molecule has 0 fully saturated rings. The molecule has 0 aromatic carbocycles. The zero-order valence-electron chi connectivity index (χ0n) is 36.9. The minimum absolute atomic E-state index is 0.303. The third kappa shape index (κ3) is 29.0. The molecule has 0 aliphatic rings. The third-order valence-electron chi connectivity index (χ3n) is 9.99. The Kier molecular flexibility index (Phi) is 29.9. The van der Waals surface area contributed by atoms with Crippen molar-refractivity contribution in [1.29, 1.82) is 0 Å². The molecule has 4 nitrogen and oxygen atoms in total. The summed E-state index contributed by atoms with van der Waals surface area (Å²) in [5.41, 5.74) is 13.0. The van der Waals surface area contributed by atoms with Crippen LogP contribution in [0.5, 0.6) is 0 Å². The van der Waals surface area contributed by atoms with Crippen LogP contribution in [0, 0.1) is 5.92 Å². The van der Waals surface area contributed by atoms with Crippen molar-refractivity contribution in [2.45, 2.75) is 178 Å². The highest BCUT2D eigenvalue weighted by atomic mass is 16.5. The van der Waals surface area contributed by atoms with Gasteiger partial charge in [0.1, 0.15) is 0 Å². The molecule has 0 aliphatic heterocycles. The van der Waals surface area contributed by atoms with Gasteiger partial charge in [-0.3, -0.25) is 9.59 Å². The summed E-state index contributed by atoms with van der Waals surface area (Å²) in [7, 11) is 2.58. The van der Waals surface area contributed by atoms with Gasteiger partial charge in [-0.15, -0.1) is 0 Å². The quantitative estimate of drug-likeness (QED) is 0.0455. The lowest BCUT2D eigenvalue weighted by molar-refractivity contribution is -0.158. The van der Waals surface area contributed by atoms with Crippen molar-refractivity contribution in [2.24, 2.45) is 5.92 Å². The molecule has 0 aliphatic carbocycles. The second-order valence-electron chi connectivity index (χ2n) is 15.8. The minimum atomic E-state index is -0.899. The molecule has 0 amide bonds. The highest BCUT2D eigenvalue weighted by Crippen LogP contribution is 2.18. The number of carbonyl (C=O) groups excluding carboxylic acids is 2. The van der Waals surface area contributed by atoms with Crippen LogP contribution in [0.2, 0.25) is 0 Å². The Labute approximate surface area is 333 Å². The van der Waals surface area contributed by atoms with E-state index in [1.54, 1.807) is 0 Å². The molecular formula is C50H80O4. The van der Waals surface area contributed by atoms with Gasteiger partial charge >= 0.3 is 11.9 Å². The molecule has 0 unspecified atom stereocenters. The Morgan fingerprint density at radius 3 is 0.759 bits per heavy atom. The molecule has 0 saturated carbocycles. The largest absolute Gasteiger partial charge is 0.468 e. The normalized spacial score (nSPS) is 14.2. The summed E-state index contributed by atoms with van der Waals surface area (Å²) < 4.78 is 9.48. The van der Waals surface area contributed by atoms with Crippen LogP contribution in [0.15, 0.2) is 105 Å². The number of ether oxygens (including phenoxy) is 2. The minimum Gasteiger partial charge on any atom is -0.468 e. The molecule has 0 atom stereocenters. The first kappa shape index (κ1) is 50.6. The van der Waals surface area contributed by atoms with Crippen LogP contribution in [0.1, 0.15) is 178 Å². The van der Waals surface area contributed by atoms with E-state index in [1.165, 1.54) is 71.6 Å². The maximum Gasteiger partial charge on any atom is 0.320 e. The number of hydrogen-bond donors (Lipinski definition) is 0. The number of hydrogen-bond acceptors (Lipinski definition) is 4. The average molecular weight is 745 g/mol. The topological polar surface area (TPSA) is 52.6 Å². The number of carbonyl (C=O) groups is 2. The fourth-order valence-corrected chi connectivity index (χ4v) is 6.12. The molecule has 4 heteroatoms. The summed E-state index contributed by atoms with van der Waals surface area (Å²) in [6.45, 7) is 22.2. The van der Waals surface area contributed by atoms with Gasteiger partial charge in [-0.05, 0) is 178 Å². The molecule has 0 rings (SSSR count). The predicted octanol–water partition coefficient (Wildman–Crippen LogP) is 15.1. The van der Waals surface area contributed by atoms with E-state index in [2.05, 4.69) is 111 Å². The smallest absolute Gasteiger partial charge is 0.320 e. The van der Waals surface area contributed by atoms with Crippen LogP contribution >= 0.6 is 0 Å². The maximum absolute atomic E-state index is 11.9. The van der Waals surface area contributed by atoms with E-state index in [-0.39, 0.29) is 0 Å². The van der Waals surface area contributed by atoms with Gasteiger partial charge in [-0.2, -0.15) is 0 Å². The molecule has 0 bridgehead atoms. The molecule has 0 heterocycles. The van der Waals surface area contributed by atoms with E-state index in [0.29, 0.717) is 6.42 Å². The Balaban J connectivity index is 4.35. The van der Waals surface area contributed by atoms with Gasteiger partial charge in [0, 0.05) is 0 Å². The van der Waals surface area contributed by atoms with Crippen LogP contribution in [0.3, 0.4) is 0 Å². The molecule has 54 heavy (non-hydrogen) atoms. The Morgan fingerprint density at radius 1 is 0.352 bits per heavy atom. The molecule has 0 saturated heterocycles. The Bertz CT molecular complexity index is 1360. The van der Waals surface area contributed by atoms with Gasteiger partial charge in [0.2, 0.25) is 0 Å². The number of methoxy groups -OCH3 is 2. The first-order chi connectivity index (χ1) is 25.7. The van der Waals surface area contributed by atoms with E-state index in [9.17, 15) is 9.59 Å². The number of esters is 2. The maximum atomic E-state index is 11.9. The molecular weight excluding hydrogens is 665 g/mol. The van der Waals surface area contributed by atoms with Crippen molar-refractivity contribution < 1.29 is 19.1 Å². The number of allylic oxidation sites excluding steroid dienone is 18. The van der Waals surface area contributed by atoms with E-state index >= 15 is 0 Å². The summed E-state index contributed by atoms with van der Waals surface area (Å²) in [5.74, 6) is -2.01. The van der Waals surface area contributed by atoms with Crippen molar-refractivity contribution in [2.75, 3.05) is 14.2 Å². The third-order valence-corrected chi connectivity index (χ3v) is 9.99. The van der Waals surface area contributed by atoms with Crippen LogP contribution in [-0.2, 0) is 19.1 Å². The van der Waals surface area contributed by atoms with Crippen LogP contribution in [0.4, 0.5) is 0 Å². The zero-order valence-corrected chi connectivity index (χ0v) is 36.9. The summed E-state index contributed by atoms with van der Waals surface area (Å²) in [4.78, 5) is 23.7. The summed E-state index contributed by atoms with van der Waals surface area (Å²) >= 11 is 0. The highest BCUT2D eigenvalue weighted by molar-refractivity contribution is 5.94. The van der Waals surface area contributed by atoms with Crippen LogP contribution in [-0.4, -0.2) is 26.2 Å². The molecule has 0 aromatic rings. The number of rotatable bonds is 28. The lowest BCUT2D eigenvalue weighted by Gasteiger charge is -2.10. The molecule has 0 radical (unpaired) electrons. The first-order valence-electron chi connectivity index (χ1n) is 20.7. The second-order valence-corrected chi connectivity index (χ2v) is 15.8. The van der Waals surface area contributed by atoms with Crippen molar-refractivity contribution in [3.8, 4) is 0 Å². The monoisotopic (exact) mass is 745 g/mol. The predicted molar refractivity (Wildman–Crippen MR) is 235 cm³/mol. The molecule has 0 spiro atoms. The van der Waals surface area contributed by atoms with E-state index < -0.39 is 17.9 Å². The molecule has 0 N–H and O–H groups in total. The van der Waals surface area contributed by atoms with Crippen LogP contribution < -0.4 is 0 Å². The second kappa shape index (κ2) is 31.9. The van der Waals surface area contributed by atoms with Crippen molar-refractivity contribution in [1.82, 2.24) is 0 Å². The first-order valence-corrected chi connectivity index (χ1v) is 20.7. The van der Waals surface area contributed by atoms with Gasteiger partial charge in [0.05, 0.1) is 14.2 Å². The average Bonchev–Trinajstić information content (AvgIpc) is 3.11. The fraction of sp³-hybridized carbons (Fsp3) is 0.600. The standard InChI is InChI=1S/C50H80O4/c1-39(2)21-13-22-40(3)23-14-24-41(4)25-15-26-42(5)27-16-28-43(6)29-17-30-44(7)31-18-32-45(8)33-19-34-46(9)35-20-36-47(10)37-38-48(49(51)53-11)50(52)54-12/h21,23,25,27,29,31,33,35,37,48H,13-20,22,24,26,28,30,32,34,36,38H2,1-12H3/b40-23+,41-25+,42-27-,43-29-,44-31-,45-33-,46-35-,47-37-. The lowest BCUT2D eigenvalue weighted by Crippen LogP contribution is -2.26. The van der Waals surface area contributed by atoms with Gasteiger partial charge in [0.25, 0.3) is 0 Å². The SMILES string of the molecule is COC(=O)C(C/C=C(/C)CC/C=C(/C)CC/C=C(/C)CC/C=C(/C)CC/C=C(/C)CC/C=C(/C)CC/C=C(\C)CC/C=C(\C)CCC=C(C)C)C(=O)OC. The molecule has 304 valence electrons. The van der Waals surface area contributed by atoms with E-state index in [0.717, 1.165) is 95.5 Å². The fourth-order valence-electron chi connectivity index (χ4n) is 6.12. The van der Waals surface area contributed by atoms with Crippen molar-refractivity contribution in [3.63, 3.8) is 0 Å². The summed E-state index contributed by atoms with van der Waals surface area (Å²) in [6.07, 6.45) is 39.2. The summed E-state index contributed by atoms with van der Waals surface area (Å²) in [5, 5.41) is 0. The van der Waals surface area contributed by atoms with Gasteiger partial charge in [-0.1, -0.05) is 105 Å². The van der Waals surface area contributed by atoms with Crippen LogP contribution in [0.25, 0.3) is 0 Å². The summed E-state index contributed by atoms with van der Waals surface area (Å²) in [6, 6.07) is 0. The van der Waals surface area contributed by atoms with Gasteiger partial charge < -0.3 is 9.47 Å². The van der Waals surface area contributed by atoms with E-state index in [4.69, 9.17) is 9.47 Å². The zero-order chi connectivity index (χ0) is 40.7.